The highest BCUT2D eigenvalue weighted by atomic mass is 79.9. The van der Waals surface area contributed by atoms with Crippen LogP contribution in [0.15, 0.2) is 41.3 Å². The van der Waals surface area contributed by atoms with E-state index in [0.29, 0.717) is 10.7 Å². The summed E-state index contributed by atoms with van der Waals surface area (Å²) in [4.78, 5) is 8.14. The number of rotatable bonds is 2. The average molecular weight is 299 g/mol. The molecule has 0 aliphatic rings. The molecule has 1 atom stereocenters. The number of hydrogen-bond acceptors (Lipinski definition) is 3. The molecule has 0 amide bonds. The molecule has 0 saturated carbocycles. The second-order valence-corrected chi connectivity index (χ2v) is 4.60. The van der Waals surface area contributed by atoms with Crippen molar-refractivity contribution < 1.29 is 0 Å². The zero-order valence-electron chi connectivity index (χ0n) is 8.27. The molecule has 0 bridgehead atoms. The summed E-state index contributed by atoms with van der Waals surface area (Å²) in [7, 11) is 0. The van der Waals surface area contributed by atoms with Crippen molar-refractivity contribution in [2.24, 2.45) is 5.73 Å². The maximum atomic E-state index is 6.12. The second-order valence-electron chi connectivity index (χ2n) is 3.27. The number of halogens is 2. The lowest BCUT2D eigenvalue weighted by Crippen LogP contribution is -2.14. The fourth-order valence-corrected chi connectivity index (χ4v) is 2.18. The van der Waals surface area contributed by atoms with Crippen molar-refractivity contribution in [3.63, 3.8) is 0 Å². The summed E-state index contributed by atoms with van der Waals surface area (Å²) in [6.45, 7) is 0. The van der Waals surface area contributed by atoms with Gasteiger partial charge in [0.05, 0.1) is 17.9 Å². The predicted octanol–water partition coefficient (Wildman–Crippen LogP) is 2.94. The Hall–Kier alpha value is -0.970. The Morgan fingerprint density at radius 2 is 2.12 bits per heavy atom. The minimum absolute atomic E-state index is 0.353. The van der Waals surface area contributed by atoms with Gasteiger partial charge in [0, 0.05) is 21.9 Å². The first-order valence-corrected chi connectivity index (χ1v) is 5.82. The molecule has 1 unspecified atom stereocenters. The van der Waals surface area contributed by atoms with Crippen LogP contribution in [-0.4, -0.2) is 9.97 Å². The summed E-state index contributed by atoms with van der Waals surface area (Å²) >= 11 is 9.46. The van der Waals surface area contributed by atoms with E-state index < -0.39 is 0 Å². The Morgan fingerprint density at radius 3 is 2.75 bits per heavy atom. The Balaban J connectivity index is 2.38. The molecule has 1 heterocycles. The van der Waals surface area contributed by atoms with Crippen molar-refractivity contribution in [2.45, 2.75) is 6.04 Å². The lowest BCUT2D eigenvalue weighted by Gasteiger charge is -2.12. The average Bonchev–Trinajstić information content (AvgIpc) is 2.29. The Bertz CT molecular complexity index is 490. The third kappa shape index (κ3) is 2.40. The topological polar surface area (TPSA) is 51.8 Å². The quantitative estimate of drug-likeness (QED) is 0.927. The van der Waals surface area contributed by atoms with Crippen LogP contribution in [0.2, 0.25) is 5.02 Å². The standard InChI is InChI=1S/C11H9BrClN3/c12-7-1-2-8(9(13)5-7)11(14)10-6-15-3-4-16-10/h1-6,11H,14H2. The van der Waals surface area contributed by atoms with Gasteiger partial charge in [-0.25, -0.2) is 0 Å². The molecule has 0 spiro atoms. The summed E-state index contributed by atoms with van der Waals surface area (Å²) in [5.41, 5.74) is 7.60. The van der Waals surface area contributed by atoms with Gasteiger partial charge in [0.15, 0.2) is 0 Å². The van der Waals surface area contributed by atoms with Crippen LogP contribution in [0.25, 0.3) is 0 Å². The van der Waals surface area contributed by atoms with Gasteiger partial charge in [-0.1, -0.05) is 33.6 Å². The van der Waals surface area contributed by atoms with Crippen LogP contribution in [0, 0.1) is 0 Å². The van der Waals surface area contributed by atoms with E-state index in [9.17, 15) is 0 Å². The maximum Gasteiger partial charge on any atom is 0.0799 e. The summed E-state index contributed by atoms with van der Waals surface area (Å²) in [6, 6.07) is 5.24. The first-order chi connectivity index (χ1) is 7.68. The molecule has 0 aliphatic heterocycles. The zero-order chi connectivity index (χ0) is 11.5. The highest BCUT2D eigenvalue weighted by Crippen LogP contribution is 2.27. The molecule has 0 saturated heterocycles. The molecule has 0 aliphatic carbocycles. The van der Waals surface area contributed by atoms with Crippen molar-refractivity contribution in [3.8, 4) is 0 Å². The lowest BCUT2D eigenvalue weighted by atomic mass is 10.1. The third-order valence-corrected chi connectivity index (χ3v) is 3.02. The van der Waals surface area contributed by atoms with E-state index in [2.05, 4.69) is 25.9 Å². The molecule has 2 rings (SSSR count). The Kier molecular flexibility index (Phi) is 3.53. The largest absolute Gasteiger partial charge is 0.319 e. The predicted molar refractivity (Wildman–Crippen MR) is 67.2 cm³/mol. The lowest BCUT2D eigenvalue weighted by molar-refractivity contribution is 0.818. The second kappa shape index (κ2) is 4.91. The van der Waals surface area contributed by atoms with Gasteiger partial charge in [0.2, 0.25) is 0 Å². The van der Waals surface area contributed by atoms with Crippen LogP contribution < -0.4 is 5.73 Å². The molecule has 1 aromatic carbocycles. The number of aromatic nitrogens is 2. The van der Waals surface area contributed by atoms with E-state index in [1.165, 1.54) is 0 Å². The summed E-state index contributed by atoms with van der Waals surface area (Å²) in [5, 5.41) is 0.618. The minimum atomic E-state index is -0.353. The third-order valence-electron chi connectivity index (χ3n) is 2.20. The molecule has 0 radical (unpaired) electrons. The van der Waals surface area contributed by atoms with Crippen molar-refractivity contribution in [2.75, 3.05) is 0 Å². The molecule has 2 N–H and O–H groups in total. The van der Waals surface area contributed by atoms with Crippen LogP contribution in [0.1, 0.15) is 17.3 Å². The van der Waals surface area contributed by atoms with E-state index in [4.69, 9.17) is 17.3 Å². The smallest absolute Gasteiger partial charge is 0.0799 e. The number of benzene rings is 1. The van der Waals surface area contributed by atoms with Gasteiger partial charge in [0.25, 0.3) is 0 Å². The van der Waals surface area contributed by atoms with Crippen LogP contribution in [0.5, 0.6) is 0 Å². The maximum absolute atomic E-state index is 6.12. The van der Waals surface area contributed by atoms with Crippen LogP contribution >= 0.6 is 27.5 Å². The highest BCUT2D eigenvalue weighted by molar-refractivity contribution is 9.10. The monoisotopic (exact) mass is 297 g/mol. The van der Waals surface area contributed by atoms with Gasteiger partial charge in [-0.15, -0.1) is 0 Å². The first-order valence-electron chi connectivity index (χ1n) is 4.65. The molecule has 2 aromatic rings. The van der Waals surface area contributed by atoms with E-state index in [1.54, 1.807) is 18.6 Å². The molecule has 5 heteroatoms. The molecule has 0 fully saturated rings. The van der Waals surface area contributed by atoms with E-state index >= 15 is 0 Å². The van der Waals surface area contributed by atoms with E-state index in [1.807, 2.05) is 18.2 Å². The van der Waals surface area contributed by atoms with Gasteiger partial charge < -0.3 is 5.73 Å². The van der Waals surface area contributed by atoms with Crippen molar-refractivity contribution >= 4 is 27.5 Å². The molecular weight excluding hydrogens is 289 g/mol. The van der Waals surface area contributed by atoms with Crippen LogP contribution in [0.4, 0.5) is 0 Å². The van der Waals surface area contributed by atoms with Gasteiger partial charge >= 0.3 is 0 Å². The molecular formula is C11H9BrClN3. The highest BCUT2D eigenvalue weighted by Gasteiger charge is 2.13. The summed E-state index contributed by atoms with van der Waals surface area (Å²) < 4.78 is 0.924. The number of nitrogens with zero attached hydrogens (tertiary/aromatic N) is 2. The van der Waals surface area contributed by atoms with Crippen molar-refractivity contribution in [1.29, 1.82) is 0 Å². The van der Waals surface area contributed by atoms with Gasteiger partial charge in [-0.05, 0) is 17.7 Å². The molecule has 16 heavy (non-hydrogen) atoms. The molecule has 82 valence electrons. The van der Waals surface area contributed by atoms with Crippen LogP contribution in [0.3, 0.4) is 0 Å². The van der Waals surface area contributed by atoms with Gasteiger partial charge in [0.1, 0.15) is 0 Å². The minimum Gasteiger partial charge on any atom is -0.319 e. The normalized spacial score (nSPS) is 12.4. The molecule has 3 nitrogen and oxygen atoms in total. The first kappa shape index (κ1) is 11.5. The summed E-state index contributed by atoms with van der Waals surface area (Å²) in [6.07, 6.45) is 4.87. The number of nitrogens with two attached hydrogens (primary N) is 1. The fourth-order valence-electron chi connectivity index (χ4n) is 1.38. The zero-order valence-corrected chi connectivity index (χ0v) is 10.6. The van der Waals surface area contributed by atoms with E-state index in [0.717, 1.165) is 10.0 Å². The van der Waals surface area contributed by atoms with Crippen LogP contribution in [-0.2, 0) is 0 Å². The SMILES string of the molecule is NC(c1cnccn1)c1ccc(Br)cc1Cl. The Morgan fingerprint density at radius 1 is 1.31 bits per heavy atom. The van der Waals surface area contributed by atoms with Gasteiger partial charge in [-0.3, -0.25) is 9.97 Å². The van der Waals surface area contributed by atoms with Crippen molar-refractivity contribution in [1.82, 2.24) is 9.97 Å². The Labute approximate surface area is 107 Å². The number of hydrogen-bond donors (Lipinski definition) is 1. The van der Waals surface area contributed by atoms with E-state index in [-0.39, 0.29) is 6.04 Å². The molecule has 1 aromatic heterocycles. The summed E-state index contributed by atoms with van der Waals surface area (Å²) in [5.74, 6) is 0. The van der Waals surface area contributed by atoms with Crippen molar-refractivity contribution in [3.05, 3.63) is 57.5 Å². The fraction of sp³-hybridized carbons (Fsp3) is 0.0909. The van der Waals surface area contributed by atoms with Gasteiger partial charge in [-0.2, -0.15) is 0 Å².